The number of unbranched alkanes of at least 4 members (excludes halogenated alkanes) is 27. The van der Waals surface area contributed by atoms with E-state index in [9.17, 15) is 30.3 Å². The van der Waals surface area contributed by atoms with Crippen LogP contribution in [0.1, 0.15) is 213 Å². The molecular weight excluding hydrogens is 707 g/mol. The van der Waals surface area contributed by atoms with Crippen molar-refractivity contribution in [2.45, 2.75) is 256 Å². The SMILES string of the molecule is CCCCCCCCCC/C=C\CCCCCCCCCC(=O)NC(COC1OC(CO)C(O)C(O)C1O)C(O)/C=C/CCCCCCCCCCCCCC. The molecule has 0 aromatic heterocycles. The lowest BCUT2D eigenvalue weighted by atomic mass is 9.99. The van der Waals surface area contributed by atoms with Crippen LogP contribution in [0.5, 0.6) is 0 Å². The van der Waals surface area contributed by atoms with Gasteiger partial charge in [-0.2, -0.15) is 0 Å². The fourth-order valence-corrected chi connectivity index (χ4v) is 7.44. The molecular formula is C47H89NO8. The first-order valence-electron chi connectivity index (χ1n) is 23.6. The van der Waals surface area contributed by atoms with Crippen LogP contribution >= 0.6 is 0 Å². The number of ether oxygens (including phenoxy) is 2. The van der Waals surface area contributed by atoms with Crippen molar-refractivity contribution in [3.05, 3.63) is 24.3 Å². The fraction of sp³-hybridized carbons (Fsp3) is 0.894. The predicted molar refractivity (Wildman–Crippen MR) is 230 cm³/mol. The summed E-state index contributed by atoms with van der Waals surface area (Å²) in [5, 5.41) is 54.2. The Morgan fingerprint density at radius 1 is 0.589 bits per heavy atom. The van der Waals surface area contributed by atoms with Gasteiger partial charge in [-0.25, -0.2) is 0 Å². The van der Waals surface area contributed by atoms with E-state index in [1.807, 2.05) is 6.08 Å². The van der Waals surface area contributed by atoms with E-state index in [2.05, 4.69) is 31.3 Å². The number of carbonyl (C=O) groups is 1. The largest absolute Gasteiger partial charge is 0.394 e. The lowest BCUT2D eigenvalue weighted by Crippen LogP contribution is -2.60. The Bertz CT molecular complexity index is 930. The molecule has 7 unspecified atom stereocenters. The van der Waals surface area contributed by atoms with Gasteiger partial charge in [0.25, 0.3) is 0 Å². The summed E-state index contributed by atoms with van der Waals surface area (Å²) in [6.45, 7) is 3.77. The van der Waals surface area contributed by atoms with Crippen LogP contribution in [-0.4, -0.2) is 87.5 Å². The maximum atomic E-state index is 13.0. The van der Waals surface area contributed by atoms with Crippen molar-refractivity contribution in [3.63, 3.8) is 0 Å². The summed E-state index contributed by atoms with van der Waals surface area (Å²) >= 11 is 0. The van der Waals surface area contributed by atoms with Gasteiger partial charge in [0.15, 0.2) is 6.29 Å². The minimum Gasteiger partial charge on any atom is -0.394 e. The highest BCUT2D eigenvalue weighted by Gasteiger charge is 2.44. The first-order chi connectivity index (χ1) is 27.3. The van der Waals surface area contributed by atoms with Crippen molar-refractivity contribution in [3.8, 4) is 0 Å². The van der Waals surface area contributed by atoms with Crippen LogP contribution in [0, 0.1) is 0 Å². The highest BCUT2D eigenvalue weighted by Crippen LogP contribution is 2.23. The van der Waals surface area contributed by atoms with Crippen LogP contribution in [0.4, 0.5) is 0 Å². The van der Waals surface area contributed by atoms with Crippen LogP contribution in [0.25, 0.3) is 0 Å². The quantitative estimate of drug-likeness (QED) is 0.0266. The van der Waals surface area contributed by atoms with Gasteiger partial charge in [0.2, 0.25) is 5.91 Å². The van der Waals surface area contributed by atoms with Gasteiger partial charge in [0.1, 0.15) is 24.4 Å². The number of aliphatic hydroxyl groups excluding tert-OH is 5. The molecule has 1 rings (SSSR count). The topological polar surface area (TPSA) is 149 Å². The maximum Gasteiger partial charge on any atom is 0.220 e. The van der Waals surface area contributed by atoms with Gasteiger partial charge in [-0.1, -0.05) is 186 Å². The third kappa shape index (κ3) is 28.2. The summed E-state index contributed by atoms with van der Waals surface area (Å²) in [6, 6.07) is -0.803. The summed E-state index contributed by atoms with van der Waals surface area (Å²) in [6.07, 6.45) is 37.9. The fourth-order valence-electron chi connectivity index (χ4n) is 7.44. The van der Waals surface area contributed by atoms with Crippen molar-refractivity contribution in [1.29, 1.82) is 0 Å². The van der Waals surface area contributed by atoms with E-state index in [0.717, 1.165) is 38.5 Å². The van der Waals surface area contributed by atoms with E-state index < -0.39 is 49.5 Å². The molecule has 0 saturated carbocycles. The first kappa shape index (κ1) is 52.7. The molecule has 9 heteroatoms. The van der Waals surface area contributed by atoms with Crippen LogP contribution in [0.15, 0.2) is 24.3 Å². The predicted octanol–water partition coefficient (Wildman–Crippen LogP) is 9.89. The Labute approximate surface area is 343 Å². The second-order valence-corrected chi connectivity index (χ2v) is 16.5. The number of allylic oxidation sites excluding steroid dienone is 3. The summed E-state index contributed by atoms with van der Waals surface area (Å²) < 4.78 is 11.2. The Morgan fingerprint density at radius 3 is 1.45 bits per heavy atom. The number of hydrogen-bond donors (Lipinski definition) is 6. The molecule has 7 atom stereocenters. The van der Waals surface area contributed by atoms with Gasteiger partial charge in [0, 0.05) is 6.42 Å². The minimum atomic E-state index is -1.56. The van der Waals surface area contributed by atoms with Crippen LogP contribution in [-0.2, 0) is 14.3 Å². The maximum absolute atomic E-state index is 13.0. The number of rotatable bonds is 39. The van der Waals surface area contributed by atoms with Gasteiger partial charge in [-0.05, 0) is 44.9 Å². The number of hydrogen-bond acceptors (Lipinski definition) is 8. The van der Waals surface area contributed by atoms with Crippen molar-refractivity contribution in [2.75, 3.05) is 13.2 Å². The first-order valence-corrected chi connectivity index (χ1v) is 23.6. The molecule has 1 amide bonds. The molecule has 0 aliphatic carbocycles. The van der Waals surface area contributed by atoms with E-state index in [1.165, 1.54) is 154 Å². The molecule has 6 N–H and O–H groups in total. The molecule has 9 nitrogen and oxygen atoms in total. The van der Waals surface area contributed by atoms with Crippen LogP contribution in [0.3, 0.4) is 0 Å². The number of carbonyl (C=O) groups excluding carboxylic acids is 1. The zero-order valence-corrected chi connectivity index (χ0v) is 36.1. The van der Waals surface area contributed by atoms with Gasteiger partial charge in [0.05, 0.1) is 25.4 Å². The smallest absolute Gasteiger partial charge is 0.220 e. The molecule has 1 aliphatic heterocycles. The van der Waals surface area contributed by atoms with Crippen molar-refractivity contribution in [2.24, 2.45) is 0 Å². The summed E-state index contributed by atoms with van der Waals surface area (Å²) in [5.74, 6) is -0.181. The van der Waals surface area contributed by atoms with E-state index in [1.54, 1.807) is 6.08 Å². The summed E-state index contributed by atoms with van der Waals surface area (Å²) in [7, 11) is 0. The Kier molecular flexibility index (Phi) is 35.7. The third-order valence-electron chi connectivity index (χ3n) is 11.3. The molecule has 0 aromatic rings. The van der Waals surface area contributed by atoms with E-state index in [0.29, 0.717) is 6.42 Å². The molecule has 0 bridgehead atoms. The Balaban J connectivity index is 2.34. The van der Waals surface area contributed by atoms with Crippen molar-refractivity contribution >= 4 is 5.91 Å². The van der Waals surface area contributed by atoms with E-state index in [4.69, 9.17) is 9.47 Å². The molecule has 1 aliphatic rings. The molecule has 0 aromatic carbocycles. The molecule has 1 fully saturated rings. The standard InChI is InChI=1S/C47H89NO8/c1-3-5-7-9-11-13-15-17-19-20-21-22-23-25-27-29-31-33-35-37-43(51)48-40(39-55-47-46(54)45(53)44(52)42(38-49)56-47)41(50)36-34-32-30-28-26-24-18-16-14-12-10-8-6-4-2/h20-21,34,36,40-42,44-47,49-50,52-54H,3-19,22-33,35,37-39H2,1-2H3,(H,48,51)/b21-20-,36-34+. The van der Waals surface area contributed by atoms with E-state index in [-0.39, 0.29) is 12.5 Å². The third-order valence-corrected chi connectivity index (χ3v) is 11.3. The van der Waals surface area contributed by atoms with Crippen LogP contribution < -0.4 is 5.32 Å². The number of amides is 1. The summed E-state index contributed by atoms with van der Waals surface area (Å²) in [4.78, 5) is 13.0. The average Bonchev–Trinajstić information content (AvgIpc) is 3.20. The van der Waals surface area contributed by atoms with Crippen LogP contribution in [0.2, 0.25) is 0 Å². The Hall–Kier alpha value is -1.33. The minimum absolute atomic E-state index is 0.181. The molecule has 0 spiro atoms. The van der Waals surface area contributed by atoms with Gasteiger partial charge >= 0.3 is 0 Å². The second-order valence-electron chi connectivity index (χ2n) is 16.5. The lowest BCUT2D eigenvalue weighted by molar-refractivity contribution is -0.302. The Morgan fingerprint density at radius 2 is 1.00 bits per heavy atom. The normalized spacial score (nSPS) is 21.3. The van der Waals surface area contributed by atoms with Gasteiger partial charge in [-0.15, -0.1) is 0 Å². The molecule has 330 valence electrons. The van der Waals surface area contributed by atoms with E-state index >= 15 is 0 Å². The highest BCUT2D eigenvalue weighted by molar-refractivity contribution is 5.76. The molecule has 0 radical (unpaired) electrons. The average molecular weight is 796 g/mol. The zero-order chi connectivity index (χ0) is 40.9. The zero-order valence-electron chi connectivity index (χ0n) is 36.1. The van der Waals surface area contributed by atoms with Crippen molar-refractivity contribution in [1.82, 2.24) is 5.32 Å². The highest BCUT2D eigenvalue weighted by atomic mass is 16.7. The molecule has 56 heavy (non-hydrogen) atoms. The monoisotopic (exact) mass is 796 g/mol. The van der Waals surface area contributed by atoms with Gasteiger partial charge < -0.3 is 40.3 Å². The molecule has 1 heterocycles. The van der Waals surface area contributed by atoms with Gasteiger partial charge in [-0.3, -0.25) is 4.79 Å². The lowest BCUT2D eigenvalue weighted by Gasteiger charge is -2.40. The molecule has 1 saturated heterocycles. The van der Waals surface area contributed by atoms with Crippen molar-refractivity contribution < 1.29 is 39.8 Å². The summed E-state index contributed by atoms with van der Waals surface area (Å²) in [5.41, 5.74) is 0. The number of nitrogens with one attached hydrogen (secondary N) is 1. The number of aliphatic hydroxyl groups is 5. The second kappa shape index (κ2) is 37.9.